The summed E-state index contributed by atoms with van der Waals surface area (Å²) in [6, 6.07) is 1.96. The first kappa shape index (κ1) is 9.96. The number of hydrogen-bond donors (Lipinski definition) is 1. The van der Waals surface area contributed by atoms with E-state index in [9.17, 15) is 0 Å². The Morgan fingerprint density at radius 2 is 2.08 bits per heavy atom. The molecule has 13 heavy (non-hydrogen) atoms. The lowest BCUT2D eigenvalue weighted by Crippen LogP contribution is -2.30. The maximum absolute atomic E-state index is 4.15. The smallest absolute Gasteiger partial charge is 0.129 e. The quantitative estimate of drug-likeness (QED) is 0.774. The predicted octanol–water partition coefficient (Wildman–Crippen LogP) is 2.39. The molecule has 0 unspecified atom stereocenters. The van der Waals surface area contributed by atoms with Gasteiger partial charge in [-0.3, -0.25) is 0 Å². The van der Waals surface area contributed by atoms with Crippen molar-refractivity contribution in [1.82, 2.24) is 9.97 Å². The van der Waals surface area contributed by atoms with Gasteiger partial charge < -0.3 is 5.32 Å². The number of nitrogens with one attached hydrogen (secondary N) is 1. The zero-order chi connectivity index (χ0) is 9.90. The van der Waals surface area contributed by atoms with Crippen molar-refractivity contribution in [2.24, 2.45) is 0 Å². The molecule has 0 saturated carbocycles. The normalized spacial score (nSPS) is 11.4. The van der Waals surface area contributed by atoms with Gasteiger partial charge in [0.05, 0.1) is 0 Å². The Kier molecular flexibility index (Phi) is 2.86. The highest BCUT2D eigenvalue weighted by atomic mass is 15.1. The van der Waals surface area contributed by atoms with Crippen molar-refractivity contribution < 1.29 is 0 Å². The fourth-order valence-corrected chi connectivity index (χ4v) is 0.958. The topological polar surface area (TPSA) is 37.8 Å². The molecule has 72 valence electrons. The number of hydrogen-bond acceptors (Lipinski definition) is 3. The first-order chi connectivity index (χ1) is 6.03. The fraction of sp³-hybridized carbons (Fsp3) is 0.600. The van der Waals surface area contributed by atoms with Gasteiger partial charge in [-0.2, -0.15) is 0 Å². The lowest BCUT2D eigenvalue weighted by atomic mass is 10.0. The van der Waals surface area contributed by atoms with Crippen LogP contribution < -0.4 is 5.32 Å². The molecule has 0 aliphatic rings. The summed E-state index contributed by atoms with van der Waals surface area (Å²) in [5, 5.41) is 3.36. The van der Waals surface area contributed by atoms with Gasteiger partial charge in [-0.1, -0.05) is 6.92 Å². The molecule has 3 nitrogen and oxygen atoms in total. The molecule has 3 heteroatoms. The predicted molar refractivity (Wildman–Crippen MR) is 54.8 cm³/mol. The molecular formula is C10H17N3. The average molecular weight is 179 g/mol. The number of rotatable bonds is 3. The third kappa shape index (κ3) is 3.01. The van der Waals surface area contributed by atoms with Crippen LogP contribution in [0.1, 0.15) is 32.9 Å². The van der Waals surface area contributed by atoms with E-state index in [2.05, 4.69) is 36.1 Å². The molecule has 0 aromatic carbocycles. The maximum Gasteiger partial charge on any atom is 0.129 e. The first-order valence-corrected chi connectivity index (χ1v) is 4.60. The summed E-state index contributed by atoms with van der Waals surface area (Å²) in [5.41, 5.74) is 1.09. The summed E-state index contributed by atoms with van der Waals surface area (Å²) < 4.78 is 0. The Balaban J connectivity index is 2.74. The Morgan fingerprint density at radius 3 is 2.62 bits per heavy atom. The summed E-state index contributed by atoms with van der Waals surface area (Å²) in [7, 11) is 0. The standard InChI is InChI=1S/C10H17N3/c1-5-10(3,4)13-9-6-8(2)11-7-12-9/h6-7H,5H2,1-4H3,(H,11,12,13). The molecule has 0 atom stereocenters. The van der Waals surface area contributed by atoms with Crippen LogP contribution in [-0.2, 0) is 0 Å². The minimum atomic E-state index is 0.0980. The number of anilines is 1. The SMILES string of the molecule is CCC(C)(C)Nc1cc(C)ncn1. The molecule has 0 aliphatic carbocycles. The van der Waals surface area contributed by atoms with Crippen molar-refractivity contribution in [2.45, 2.75) is 39.7 Å². The largest absolute Gasteiger partial charge is 0.365 e. The molecule has 1 rings (SSSR count). The van der Waals surface area contributed by atoms with E-state index in [0.29, 0.717) is 0 Å². The van der Waals surface area contributed by atoms with E-state index in [4.69, 9.17) is 0 Å². The van der Waals surface area contributed by atoms with Crippen molar-refractivity contribution in [3.05, 3.63) is 18.1 Å². The van der Waals surface area contributed by atoms with Crippen molar-refractivity contribution in [3.63, 3.8) is 0 Å². The van der Waals surface area contributed by atoms with E-state index >= 15 is 0 Å². The van der Waals surface area contributed by atoms with E-state index in [0.717, 1.165) is 17.9 Å². The second-order valence-electron chi connectivity index (χ2n) is 3.91. The zero-order valence-corrected chi connectivity index (χ0v) is 8.76. The summed E-state index contributed by atoms with van der Waals surface area (Å²) >= 11 is 0. The molecule has 0 aliphatic heterocycles. The Hall–Kier alpha value is -1.12. The van der Waals surface area contributed by atoms with Gasteiger partial charge in [-0.15, -0.1) is 0 Å². The molecule has 0 radical (unpaired) electrons. The van der Waals surface area contributed by atoms with Crippen molar-refractivity contribution in [3.8, 4) is 0 Å². The molecule has 0 spiro atoms. The van der Waals surface area contributed by atoms with E-state index < -0.39 is 0 Å². The highest BCUT2D eigenvalue weighted by Crippen LogP contribution is 2.15. The van der Waals surface area contributed by atoms with Crippen LogP contribution in [0.2, 0.25) is 0 Å². The van der Waals surface area contributed by atoms with Gasteiger partial charge in [-0.25, -0.2) is 9.97 Å². The summed E-state index contributed by atoms with van der Waals surface area (Å²) in [6.07, 6.45) is 2.65. The van der Waals surface area contributed by atoms with Crippen molar-refractivity contribution >= 4 is 5.82 Å². The Bertz CT molecular complexity index is 281. The van der Waals surface area contributed by atoms with E-state index in [1.807, 2.05) is 13.0 Å². The van der Waals surface area contributed by atoms with Crippen LogP contribution in [0.25, 0.3) is 0 Å². The summed E-state index contributed by atoms with van der Waals surface area (Å²) in [4.78, 5) is 8.20. The van der Waals surface area contributed by atoms with Gasteiger partial charge in [0, 0.05) is 17.3 Å². The van der Waals surface area contributed by atoms with Gasteiger partial charge in [0.15, 0.2) is 0 Å². The molecule has 0 bridgehead atoms. The second-order valence-corrected chi connectivity index (χ2v) is 3.91. The van der Waals surface area contributed by atoms with E-state index in [1.54, 1.807) is 6.33 Å². The highest BCUT2D eigenvalue weighted by Gasteiger charge is 2.14. The van der Waals surface area contributed by atoms with E-state index in [-0.39, 0.29) is 5.54 Å². The highest BCUT2D eigenvalue weighted by molar-refractivity contribution is 5.37. The lowest BCUT2D eigenvalue weighted by Gasteiger charge is -2.25. The first-order valence-electron chi connectivity index (χ1n) is 4.60. The molecule has 0 amide bonds. The summed E-state index contributed by atoms with van der Waals surface area (Å²) in [5.74, 6) is 0.902. The molecule has 1 aromatic rings. The molecule has 0 fully saturated rings. The van der Waals surface area contributed by atoms with Gasteiger partial charge >= 0.3 is 0 Å². The van der Waals surface area contributed by atoms with Crippen LogP contribution in [0.4, 0.5) is 5.82 Å². The fourth-order valence-electron chi connectivity index (χ4n) is 0.958. The Labute approximate surface area is 79.6 Å². The summed E-state index contributed by atoms with van der Waals surface area (Å²) in [6.45, 7) is 8.43. The van der Waals surface area contributed by atoms with Gasteiger partial charge in [0.1, 0.15) is 12.1 Å². The molecule has 1 aromatic heterocycles. The number of aryl methyl sites for hydroxylation is 1. The minimum absolute atomic E-state index is 0.0980. The molecule has 0 saturated heterocycles. The molecular weight excluding hydrogens is 162 g/mol. The van der Waals surface area contributed by atoms with Crippen LogP contribution in [0.3, 0.4) is 0 Å². The van der Waals surface area contributed by atoms with E-state index in [1.165, 1.54) is 0 Å². The third-order valence-electron chi connectivity index (χ3n) is 2.15. The monoisotopic (exact) mass is 179 g/mol. The second kappa shape index (κ2) is 3.73. The zero-order valence-electron chi connectivity index (χ0n) is 8.76. The molecule has 1 heterocycles. The number of aromatic nitrogens is 2. The van der Waals surface area contributed by atoms with Crippen LogP contribution in [0.15, 0.2) is 12.4 Å². The van der Waals surface area contributed by atoms with Gasteiger partial charge in [0.25, 0.3) is 0 Å². The van der Waals surface area contributed by atoms with Crippen molar-refractivity contribution in [2.75, 3.05) is 5.32 Å². The number of nitrogens with zero attached hydrogens (tertiary/aromatic N) is 2. The maximum atomic E-state index is 4.15. The van der Waals surface area contributed by atoms with Crippen molar-refractivity contribution in [1.29, 1.82) is 0 Å². The van der Waals surface area contributed by atoms with Crippen LogP contribution in [0, 0.1) is 6.92 Å². The molecule has 1 N–H and O–H groups in total. The third-order valence-corrected chi connectivity index (χ3v) is 2.15. The van der Waals surface area contributed by atoms with Crippen LogP contribution in [0.5, 0.6) is 0 Å². The van der Waals surface area contributed by atoms with Crippen LogP contribution in [-0.4, -0.2) is 15.5 Å². The van der Waals surface area contributed by atoms with Crippen LogP contribution >= 0.6 is 0 Å². The minimum Gasteiger partial charge on any atom is -0.365 e. The average Bonchev–Trinajstić information content (AvgIpc) is 2.03. The van der Waals surface area contributed by atoms with Gasteiger partial charge in [-0.05, 0) is 27.2 Å². The Morgan fingerprint density at radius 1 is 1.38 bits per heavy atom. The lowest BCUT2D eigenvalue weighted by molar-refractivity contribution is 0.544. The van der Waals surface area contributed by atoms with Gasteiger partial charge in [0.2, 0.25) is 0 Å².